The highest BCUT2D eigenvalue weighted by molar-refractivity contribution is 8.15. The van der Waals surface area contributed by atoms with Crippen LogP contribution in [0.5, 0.6) is 0 Å². The Morgan fingerprint density at radius 3 is 1.51 bits per heavy atom. The van der Waals surface area contributed by atoms with Crippen molar-refractivity contribution in [3.63, 3.8) is 0 Å². The van der Waals surface area contributed by atoms with Gasteiger partial charge < -0.3 is 0 Å². The summed E-state index contributed by atoms with van der Waals surface area (Å²) < 4.78 is 0. The van der Waals surface area contributed by atoms with Gasteiger partial charge in [0.05, 0.1) is 0 Å². The van der Waals surface area contributed by atoms with E-state index in [1.165, 1.54) is 71.8 Å². The van der Waals surface area contributed by atoms with Gasteiger partial charge in [-0.2, -0.15) is 23.5 Å². The molecule has 2 heteroatoms. The molecule has 1 aromatic carbocycles. The fraction of sp³-hybridized carbons (Fsp3) is 0.818. The first kappa shape index (κ1) is 32.9. The second kappa shape index (κ2) is 13.1. The van der Waals surface area contributed by atoms with Gasteiger partial charge in [-0.05, 0) is 95.2 Å². The normalized spacial score (nSPS) is 14.0. The molecule has 0 unspecified atom stereocenters. The molecule has 1 rings (SSSR count). The van der Waals surface area contributed by atoms with Gasteiger partial charge in [0.15, 0.2) is 0 Å². The minimum Gasteiger partial charge on any atom is -0.151 e. The average Bonchev–Trinajstić information content (AvgIpc) is 2.62. The van der Waals surface area contributed by atoms with E-state index in [2.05, 4.69) is 132 Å². The van der Waals surface area contributed by atoms with Crippen LogP contribution in [-0.2, 0) is 10.8 Å². The van der Waals surface area contributed by atoms with E-state index in [-0.39, 0.29) is 10.8 Å². The molecular weight excluding hydrogens is 460 g/mol. The molecular formula is C33H60S2. The molecule has 0 fully saturated rings. The molecule has 0 saturated carbocycles. The number of benzene rings is 1. The van der Waals surface area contributed by atoms with E-state index in [1.54, 1.807) is 0 Å². The lowest BCUT2D eigenvalue weighted by atomic mass is 9.69. The Hall–Kier alpha value is -0.0800. The zero-order chi connectivity index (χ0) is 27.1. The van der Waals surface area contributed by atoms with Crippen molar-refractivity contribution in [3.05, 3.63) is 34.9 Å². The summed E-state index contributed by atoms with van der Waals surface area (Å²) in [6.45, 7) is 31.1. The Morgan fingerprint density at radius 2 is 1.06 bits per heavy atom. The number of aryl methyl sites for hydroxylation is 1. The summed E-state index contributed by atoms with van der Waals surface area (Å²) >= 11 is 4.29. The highest BCUT2D eigenvalue weighted by Crippen LogP contribution is 2.41. The quantitative estimate of drug-likeness (QED) is 0.177. The van der Waals surface area contributed by atoms with Crippen molar-refractivity contribution in [3.8, 4) is 0 Å². The van der Waals surface area contributed by atoms with Crippen LogP contribution in [0, 0.1) is 23.2 Å². The first-order valence-electron chi connectivity index (χ1n) is 14.0. The molecule has 0 bridgehead atoms. The SMILES string of the molecule is Cc1cc(C(C)(C)C)cc(C(C)(C)CC(C)(C)CCCSCSCCCC(C)(C)CC(C)(C)C)c1. The lowest BCUT2D eigenvalue weighted by Gasteiger charge is -2.36. The number of hydrogen-bond donors (Lipinski definition) is 0. The van der Waals surface area contributed by atoms with E-state index < -0.39 is 0 Å². The summed E-state index contributed by atoms with van der Waals surface area (Å²) in [6.07, 6.45) is 7.89. The molecule has 204 valence electrons. The molecule has 0 amide bonds. The van der Waals surface area contributed by atoms with Crippen molar-refractivity contribution < 1.29 is 0 Å². The molecule has 0 heterocycles. The van der Waals surface area contributed by atoms with Crippen LogP contribution in [0.3, 0.4) is 0 Å². The Kier molecular flexibility index (Phi) is 12.4. The van der Waals surface area contributed by atoms with Crippen molar-refractivity contribution in [2.24, 2.45) is 16.2 Å². The lowest BCUT2D eigenvalue weighted by Crippen LogP contribution is -2.27. The summed E-state index contributed by atoms with van der Waals surface area (Å²) in [5.74, 6) is 2.61. The maximum absolute atomic E-state index is 2.48. The number of thioether (sulfide) groups is 2. The maximum Gasteiger partial charge on any atom is 0.0392 e. The van der Waals surface area contributed by atoms with Crippen molar-refractivity contribution >= 4 is 23.5 Å². The van der Waals surface area contributed by atoms with Crippen LogP contribution in [0.4, 0.5) is 0 Å². The van der Waals surface area contributed by atoms with Gasteiger partial charge in [0, 0.05) is 5.08 Å². The molecule has 35 heavy (non-hydrogen) atoms. The smallest absolute Gasteiger partial charge is 0.0392 e. The first-order valence-corrected chi connectivity index (χ1v) is 16.3. The third-order valence-electron chi connectivity index (χ3n) is 7.11. The molecule has 0 aliphatic carbocycles. The van der Waals surface area contributed by atoms with Crippen LogP contribution in [-0.4, -0.2) is 16.6 Å². The van der Waals surface area contributed by atoms with E-state index in [4.69, 9.17) is 0 Å². The van der Waals surface area contributed by atoms with Crippen molar-refractivity contribution in [1.82, 2.24) is 0 Å². The Balaban J connectivity index is 2.39. The summed E-state index contributed by atoms with van der Waals surface area (Å²) in [5, 5.41) is 1.25. The molecule has 0 aliphatic rings. The third-order valence-corrected chi connectivity index (χ3v) is 9.59. The van der Waals surface area contributed by atoms with Gasteiger partial charge in [0.2, 0.25) is 0 Å². The molecule has 0 saturated heterocycles. The minimum atomic E-state index is 0.194. The monoisotopic (exact) mass is 520 g/mol. The van der Waals surface area contributed by atoms with Crippen LogP contribution in [0.1, 0.15) is 138 Å². The summed E-state index contributed by atoms with van der Waals surface area (Å²) in [7, 11) is 0. The van der Waals surface area contributed by atoms with Gasteiger partial charge in [0.1, 0.15) is 0 Å². The molecule has 0 nitrogen and oxygen atoms in total. The van der Waals surface area contributed by atoms with E-state index in [9.17, 15) is 0 Å². The van der Waals surface area contributed by atoms with Gasteiger partial charge in [-0.3, -0.25) is 0 Å². The second-order valence-corrected chi connectivity index (χ2v) is 18.2. The Labute approximate surface area is 230 Å². The van der Waals surface area contributed by atoms with E-state index in [0.717, 1.165) is 0 Å². The summed E-state index contributed by atoms with van der Waals surface area (Å²) in [6, 6.07) is 7.26. The highest BCUT2D eigenvalue weighted by atomic mass is 32.2. The van der Waals surface area contributed by atoms with Crippen molar-refractivity contribution in [2.45, 2.75) is 139 Å². The molecule has 0 aromatic heterocycles. The van der Waals surface area contributed by atoms with Crippen LogP contribution < -0.4 is 0 Å². The predicted octanol–water partition coefficient (Wildman–Crippen LogP) is 11.4. The predicted molar refractivity (Wildman–Crippen MR) is 167 cm³/mol. The highest BCUT2D eigenvalue weighted by Gasteiger charge is 2.31. The van der Waals surface area contributed by atoms with Gasteiger partial charge in [-0.15, -0.1) is 0 Å². The van der Waals surface area contributed by atoms with E-state index in [1.807, 2.05) is 0 Å². The molecule has 0 radical (unpaired) electrons. The van der Waals surface area contributed by atoms with Gasteiger partial charge >= 0.3 is 0 Å². The fourth-order valence-corrected chi connectivity index (χ4v) is 8.11. The second-order valence-electron chi connectivity index (χ2n) is 15.6. The molecule has 0 spiro atoms. The van der Waals surface area contributed by atoms with Crippen LogP contribution in [0.2, 0.25) is 0 Å². The molecule has 1 aromatic rings. The average molecular weight is 521 g/mol. The maximum atomic E-state index is 2.48. The molecule has 0 N–H and O–H groups in total. The van der Waals surface area contributed by atoms with Crippen LogP contribution in [0.25, 0.3) is 0 Å². The van der Waals surface area contributed by atoms with Crippen molar-refractivity contribution in [1.29, 1.82) is 0 Å². The zero-order valence-electron chi connectivity index (χ0n) is 25.9. The van der Waals surface area contributed by atoms with Gasteiger partial charge in [0.25, 0.3) is 0 Å². The third kappa shape index (κ3) is 13.9. The van der Waals surface area contributed by atoms with E-state index >= 15 is 0 Å². The lowest BCUT2D eigenvalue weighted by molar-refractivity contribution is 0.198. The Morgan fingerprint density at radius 1 is 0.600 bits per heavy atom. The van der Waals surface area contributed by atoms with Crippen LogP contribution in [0.15, 0.2) is 18.2 Å². The van der Waals surface area contributed by atoms with Crippen molar-refractivity contribution in [2.75, 3.05) is 16.6 Å². The Bertz CT molecular complexity index is 756. The minimum absolute atomic E-state index is 0.194. The number of hydrogen-bond acceptors (Lipinski definition) is 2. The fourth-order valence-electron chi connectivity index (χ4n) is 6.00. The summed E-state index contributed by atoms with van der Waals surface area (Å²) in [4.78, 5) is 0. The first-order chi connectivity index (χ1) is 15.7. The van der Waals surface area contributed by atoms with E-state index in [0.29, 0.717) is 16.2 Å². The van der Waals surface area contributed by atoms with Gasteiger partial charge in [-0.25, -0.2) is 0 Å². The molecule has 0 atom stereocenters. The summed E-state index contributed by atoms with van der Waals surface area (Å²) in [5.41, 5.74) is 6.02. The topological polar surface area (TPSA) is 0 Å². The van der Waals surface area contributed by atoms with Gasteiger partial charge in [-0.1, -0.05) is 107 Å². The zero-order valence-corrected chi connectivity index (χ0v) is 27.5. The van der Waals surface area contributed by atoms with Crippen LogP contribution >= 0.6 is 23.5 Å². The molecule has 0 aliphatic heterocycles. The number of rotatable bonds is 14. The standard InChI is InChI=1S/C33H60S2/c1-26-20-27(30(5,6)7)22-28(21-26)33(12,13)24-32(10,11)17-15-19-35-25-34-18-14-16-31(8,9)23-29(2,3)4/h20-22H,14-19,23-25H2,1-13H3. The largest absolute Gasteiger partial charge is 0.151 e.